The molecule has 0 atom stereocenters. The van der Waals surface area contributed by atoms with Crippen molar-refractivity contribution in [2.75, 3.05) is 20.6 Å². The molecule has 0 saturated carbocycles. The highest BCUT2D eigenvalue weighted by atomic mass is 15.3. The van der Waals surface area contributed by atoms with Crippen LogP contribution in [0, 0.1) is 0 Å². The third kappa shape index (κ3) is 13.3. The molecule has 1 aromatic carbocycles. The van der Waals surface area contributed by atoms with Gasteiger partial charge in [0.25, 0.3) is 0 Å². The Morgan fingerprint density at radius 2 is 1.03 bits per heavy atom. The molecular weight excluding hydrogens is 362 g/mol. The fourth-order valence-corrected chi connectivity index (χ4v) is 4.37. The number of unbranched alkanes of at least 4 members (excludes halogenated alkanes) is 15. The summed E-state index contributed by atoms with van der Waals surface area (Å²) in [6.45, 7) is 7.15. The fourth-order valence-electron chi connectivity index (χ4n) is 4.37. The van der Waals surface area contributed by atoms with Crippen molar-refractivity contribution in [3.8, 4) is 0 Å². The van der Waals surface area contributed by atoms with Crippen LogP contribution in [0.3, 0.4) is 0 Å². The molecule has 1 aromatic rings. The van der Waals surface area contributed by atoms with E-state index < -0.39 is 0 Å². The Kier molecular flexibility index (Phi) is 15.8. The van der Waals surface area contributed by atoms with Gasteiger partial charge < -0.3 is 0 Å². The van der Waals surface area contributed by atoms with Gasteiger partial charge in [-0.25, -0.2) is 0 Å². The highest BCUT2D eigenvalue weighted by Gasteiger charge is 2.16. The SMILES string of the molecule is C=CC[N+](C)(C)c1ccc(CCCCCCCCCCCCCCCCCC)cc1. The van der Waals surface area contributed by atoms with Crippen LogP contribution in [0.5, 0.6) is 0 Å². The van der Waals surface area contributed by atoms with Gasteiger partial charge in [0.05, 0.1) is 14.1 Å². The molecule has 0 radical (unpaired) electrons. The van der Waals surface area contributed by atoms with E-state index in [2.05, 4.69) is 51.9 Å². The molecule has 0 aliphatic rings. The summed E-state index contributed by atoms with van der Waals surface area (Å²) in [6, 6.07) is 9.24. The molecule has 1 rings (SSSR count). The summed E-state index contributed by atoms with van der Waals surface area (Å²) >= 11 is 0. The number of likely N-dealkylation sites (N-methyl/N-ethyl adjacent to an activating group) is 1. The summed E-state index contributed by atoms with van der Waals surface area (Å²) in [5.74, 6) is 0. The largest absolute Gasteiger partial charge is 0.293 e. The molecule has 0 amide bonds. The third-order valence-electron chi connectivity index (χ3n) is 6.54. The van der Waals surface area contributed by atoms with Gasteiger partial charge in [-0.15, -0.1) is 0 Å². The highest BCUT2D eigenvalue weighted by molar-refractivity contribution is 5.43. The molecule has 0 aliphatic carbocycles. The minimum absolute atomic E-state index is 0.878. The van der Waals surface area contributed by atoms with Gasteiger partial charge in [-0.2, -0.15) is 0 Å². The van der Waals surface area contributed by atoms with E-state index in [9.17, 15) is 0 Å². The standard InChI is InChI=1S/C29H52N/c1-5-7-8-9-10-11-12-13-14-15-16-17-18-19-20-21-22-28-23-25-29(26-24-28)30(3,4)27-6-2/h6,23-26H,2,5,7-22,27H2,1,3-4H3/q+1. The van der Waals surface area contributed by atoms with Crippen LogP contribution in [0.1, 0.15) is 115 Å². The predicted octanol–water partition coefficient (Wildman–Crippen LogP) is 9.24. The molecule has 0 saturated heterocycles. The Morgan fingerprint density at radius 3 is 1.43 bits per heavy atom. The zero-order valence-electron chi connectivity index (χ0n) is 20.8. The first kappa shape index (κ1) is 27.0. The molecule has 0 aromatic heterocycles. The van der Waals surface area contributed by atoms with Gasteiger partial charge >= 0.3 is 0 Å². The lowest BCUT2D eigenvalue weighted by Gasteiger charge is -2.27. The summed E-state index contributed by atoms with van der Waals surface area (Å²) in [5.41, 5.74) is 2.85. The average Bonchev–Trinajstić information content (AvgIpc) is 2.74. The van der Waals surface area contributed by atoms with Crippen LogP contribution in [0.2, 0.25) is 0 Å². The molecule has 30 heavy (non-hydrogen) atoms. The molecule has 0 spiro atoms. The predicted molar refractivity (Wildman–Crippen MR) is 138 cm³/mol. The summed E-state index contributed by atoms with van der Waals surface area (Å²) in [6.07, 6.45) is 26.2. The Labute approximate surface area is 189 Å². The first-order valence-electron chi connectivity index (χ1n) is 13.1. The summed E-state index contributed by atoms with van der Waals surface area (Å²) < 4.78 is 0.878. The second kappa shape index (κ2) is 17.6. The Morgan fingerprint density at radius 1 is 0.633 bits per heavy atom. The van der Waals surface area contributed by atoms with Crippen molar-refractivity contribution in [3.05, 3.63) is 42.5 Å². The number of nitrogens with zero attached hydrogens (tertiary/aromatic N) is 1. The Hall–Kier alpha value is -1.08. The maximum absolute atomic E-state index is 3.88. The number of rotatable bonds is 20. The van der Waals surface area contributed by atoms with Crippen LogP contribution in [0.4, 0.5) is 5.69 Å². The van der Waals surface area contributed by atoms with Gasteiger partial charge in [0.15, 0.2) is 0 Å². The van der Waals surface area contributed by atoms with Crippen molar-refractivity contribution in [3.63, 3.8) is 0 Å². The molecule has 0 bridgehead atoms. The van der Waals surface area contributed by atoms with Gasteiger partial charge in [0.2, 0.25) is 0 Å². The second-order valence-corrected chi connectivity index (χ2v) is 9.88. The highest BCUT2D eigenvalue weighted by Crippen LogP contribution is 2.20. The van der Waals surface area contributed by atoms with E-state index in [1.54, 1.807) is 0 Å². The topological polar surface area (TPSA) is 0 Å². The first-order chi connectivity index (χ1) is 14.6. The van der Waals surface area contributed by atoms with E-state index in [0.29, 0.717) is 0 Å². The van der Waals surface area contributed by atoms with Crippen LogP contribution in [-0.4, -0.2) is 20.6 Å². The smallest absolute Gasteiger partial charge is 0.132 e. The lowest BCUT2D eigenvalue weighted by molar-refractivity contribution is 0.442. The molecule has 172 valence electrons. The van der Waals surface area contributed by atoms with E-state index >= 15 is 0 Å². The van der Waals surface area contributed by atoms with Crippen molar-refractivity contribution in [2.45, 2.75) is 116 Å². The van der Waals surface area contributed by atoms with E-state index in [1.165, 1.54) is 120 Å². The molecule has 0 N–H and O–H groups in total. The van der Waals surface area contributed by atoms with Crippen molar-refractivity contribution < 1.29 is 0 Å². The quantitative estimate of drug-likeness (QED) is 0.113. The zero-order valence-corrected chi connectivity index (χ0v) is 20.8. The molecule has 0 heterocycles. The maximum atomic E-state index is 3.88. The van der Waals surface area contributed by atoms with Gasteiger partial charge in [0, 0.05) is 0 Å². The van der Waals surface area contributed by atoms with Gasteiger partial charge in [-0.05, 0) is 36.6 Å². The molecule has 1 heteroatoms. The lowest BCUT2D eigenvalue weighted by atomic mass is 10.0. The lowest BCUT2D eigenvalue weighted by Crippen LogP contribution is -2.40. The van der Waals surface area contributed by atoms with Crippen molar-refractivity contribution in [1.82, 2.24) is 4.48 Å². The van der Waals surface area contributed by atoms with Gasteiger partial charge in [-0.1, -0.05) is 122 Å². The van der Waals surface area contributed by atoms with Crippen molar-refractivity contribution >= 4 is 5.69 Å². The van der Waals surface area contributed by atoms with E-state index in [-0.39, 0.29) is 0 Å². The molecule has 0 fully saturated rings. The Balaban J connectivity index is 1.91. The molecular formula is C29H52N+. The van der Waals surface area contributed by atoms with Gasteiger partial charge in [-0.3, -0.25) is 4.48 Å². The molecule has 0 aliphatic heterocycles. The van der Waals surface area contributed by atoms with Gasteiger partial charge in [0.1, 0.15) is 12.2 Å². The van der Waals surface area contributed by atoms with Crippen LogP contribution >= 0.6 is 0 Å². The Bertz CT molecular complexity index is 514. The summed E-state index contributed by atoms with van der Waals surface area (Å²) in [7, 11) is 4.48. The average molecular weight is 415 g/mol. The van der Waals surface area contributed by atoms with E-state index in [4.69, 9.17) is 0 Å². The van der Waals surface area contributed by atoms with Crippen molar-refractivity contribution in [1.29, 1.82) is 0 Å². The number of hydrogen-bond donors (Lipinski definition) is 0. The molecule has 0 unspecified atom stereocenters. The van der Waals surface area contributed by atoms with Crippen LogP contribution in [0.15, 0.2) is 36.9 Å². The second-order valence-electron chi connectivity index (χ2n) is 9.88. The van der Waals surface area contributed by atoms with Crippen molar-refractivity contribution in [2.24, 2.45) is 0 Å². The number of benzene rings is 1. The van der Waals surface area contributed by atoms with Crippen LogP contribution < -0.4 is 4.48 Å². The monoisotopic (exact) mass is 414 g/mol. The fraction of sp³-hybridized carbons (Fsp3) is 0.724. The van der Waals surface area contributed by atoms with E-state index in [1.807, 2.05) is 6.08 Å². The maximum Gasteiger partial charge on any atom is 0.132 e. The van der Waals surface area contributed by atoms with Crippen LogP contribution in [-0.2, 0) is 6.42 Å². The number of hydrogen-bond acceptors (Lipinski definition) is 0. The van der Waals surface area contributed by atoms with Crippen LogP contribution in [0.25, 0.3) is 0 Å². The van der Waals surface area contributed by atoms with E-state index in [0.717, 1.165) is 11.0 Å². The summed E-state index contributed by atoms with van der Waals surface area (Å²) in [4.78, 5) is 0. The number of quaternary nitrogens is 1. The molecule has 1 nitrogen and oxygen atoms in total. The third-order valence-corrected chi connectivity index (χ3v) is 6.54. The first-order valence-corrected chi connectivity index (χ1v) is 13.1. The normalized spacial score (nSPS) is 11.7. The minimum atomic E-state index is 0.878. The summed E-state index contributed by atoms with van der Waals surface area (Å²) in [5, 5.41) is 0. The zero-order chi connectivity index (χ0) is 21.9. The number of aryl methyl sites for hydroxylation is 1. The minimum Gasteiger partial charge on any atom is -0.293 e.